The van der Waals surface area contributed by atoms with Crippen molar-refractivity contribution in [2.45, 2.75) is 6.42 Å². The van der Waals surface area contributed by atoms with E-state index in [1.54, 1.807) is 18.4 Å². The van der Waals surface area contributed by atoms with Crippen molar-refractivity contribution in [2.75, 3.05) is 7.11 Å². The van der Waals surface area contributed by atoms with E-state index in [-0.39, 0.29) is 0 Å². The molecule has 0 atom stereocenters. The number of hydrogen-bond acceptors (Lipinski definition) is 3. The van der Waals surface area contributed by atoms with Crippen molar-refractivity contribution in [1.29, 1.82) is 0 Å². The van der Waals surface area contributed by atoms with Gasteiger partial charge in [-0.1, -0.05) is 12.1 Å². The molecule has 2 rings (SSSR count). The summed E-state index contributed by atoms with van der Waals surface area (Å²) < 4.78 is 5.16. The third kappa shape index (κ3) is 2.12. The largest absolute Gasteiger partial charge is 0.497 e. The summed E-state index contributed by atoms with van der Waals surface area (Å²) in [5, 5.41) is 3.13. The van der Waals surface area contributed by atoms with Crippen LogP contribution in [-0.2, 0) is 6.42 Å². The van der Waals surface area contributed by atoms with Crippen LogP contribution in [0.15, 0.2) is 35.8 Å². The number of nitrogens with zero attached hydrogens (tertiary/aromatic N) is 1. The fourth-order valence-corrected chi connectivity index (χ4v) is 1.95. The van der Waals surface area contributed by atoms with Crippen molar-refractivity contribution in [1.82, 2.24) is 4.98 Å². The monoisotopic (exact) mass is 205 g/mol. The molecule has 0 amide bonds. The van der Waals surface area contributed by atoms with Crippen LogP contribution in [0.2, 0.25) is 0 Å². The molecule has 0 aliphatic heterocycles. The van der Waals surface area contributed by atoms with Crippen LogP contribution in [0.3, 0.4) is 0 Å². The first-order chi connectivity index (χ1) is 6.88. The molecule has 1 aromatic carbocycles. The van der Waals surface area contributed by atoms with Gasteiger partial charge in [-0.3, -0.25) is 0 Å². The van der Waals surface area contributed by atoms with Gasteiger partial charge in [0.25, 0.3) is 0 Å². The lowest BCUT2D eigenvalue weighted by molar-refractivity contribution is 0.414. The molecule has 72 valence electrons. The fraction of sp³-hybridized carbons (Fsp3) is 0.182. The van der Waals surface area contributed by atoms with E-state index in [0.717, 1.165) is 17.2 Å². The second kappa shape index (κ2) is 4.24. The highest BCUT2D eigenvalue weighted by atomic mass is 32.1. The van der Waals surface area contributed by atoms with Crippen LogP contribution in [0, 0.1) is 0 Å². The van der Waals surface area contributed by atoms with Gasteiger partial charge in [-0.25, -0.2) is 4.98 Å². The molecule has 0 fully saturated rings. The van der Waals surface area contributed by atoms with Gasteiger partial charge < -0.3 is 4.74 Å². The number of aromatic nitrogens is 1. The van der Waals surface area contributed by atoms with E-state index in [1.165, 1.54) is 5.56 Å². The van der Waals surface area contributed by atoms with E-state index in [4.69, 9.17) is 4.74 Å². The molecule has 0 saturated heterocycles. The first-order valence-electron chi connectivity index (χ1n) is 4.40. The number of benzene rings is 1. The molecule has 0 aliphatic rings. The quantitative estimate of drug-likeness (QED) is 0.768. The summed E-state index contributed by atoms with van der Waals surface area (Å²) in [6.45, 7) is 0. The van der Waals surface area contributed by atoms with Gasteiger partial charge in [0.15, 0.2) is 0 Å². The van der Waals surface area contributed by atoms with Crippen LogP contribution in [0.4, 0.5) is 0 Å². The molecule has 1 aromatic heterocycles. The fourth-order valence-electron chi connectivity index (χ4n) is 1.30. The van der Waals surface area contributed by atoms with Crippen molar-refractivity contribution >= 4 is 11.3 Å². The average molecular weight is 205 g/mol. The Morgan fingerprint density at radius 2 is 2.36 bits per heavy atom. The van der Waals surface area contributed by atoms with E-state index >= 15 is 0 Å². The molecule has 1 heterocycles. The second-order valence-electron chi connectivity index (χ2n) is 2.95. The highest BCUT2D eigenvalue weighted by Gasteiger charge is 1.99. The number of hydrogen-bond donors (Lipinski definition) is 0. The molecule has 0 radical (unpaired) electrons. The van der Waals surface area contributed by atoms with Crippen molar-refractivity contribution in [3.63, 3.8) is 0 Å². The Balaban J connectivity index is 2.17. The van der Waals surface area contributed by atoms with Crippen molar-refractivity contribution < 1.29 is 4.74 Å². The van der Waals surface area contributed by atoms with Crippen molar-refractivity contribution in [2.24, 2.45) is 0 Å². The van der Waals surface area contributed by atoms with Gasteiger partial charge >= 0.3 is 0 Å². The first kappa shape index (κ1) is 9.21. The predicted octanol–water partition coefficient (Wildman–Crippen LogP) is 2.74. The van der Waals surface area contributed by atoms with Crippen molar-refractivity contribution in [3.8, 4) is 5.75 Å². The highest BCUT2D eigenvalue weighted by Crippen LogP contribution is 2.16. The lowest BCUT2D eigenvalue weighted by atomic mass is 10.1. The van der Waals surface area contributed by atoms with Gasteiger partial charge in [0.1, 0.15) is 5.75 Å². The summed E-state index contributed by atoms with van der Waals surface area (Å²) in [5.41, 5.74) is 1.24. The highest BCUT2D eigenvalue weighted by molar-refractivity contribution is 7.09. The Morgan fingerprint density at radius 3 is 3.07 bits per heavy atom. The Kier molecular flexibility index (Phi) is 2.79. The molecule has 0 spiro atoms. The van der Waals surface area contributed by atoms with E-state index < -0.39 is 0 Å². The lowest BCUT2D eigenvalue weighted by Gasteiger charge is -2.02. The third-order valence-corrected chi connectivity index (χ3v) is 2.75. The van der Waals surface area contributed by atoms with Gasteiger partial charge in [-0.05, 0) is 17.7 Å². The Morgan fingerprint density at radius 1 is 1.43 bits per heavy atom. The topological polar surface area (TPSA) is 22.1 Å². The molecule has 2 nitrogen and oxygen atoms in total. The van der Waals surface area contributed by atoms with Crippen LogP contribution in [0.1, 0.15) is 10.6 Å². The third-order valence-electron chi connectivity index (χ3n) is 1.97. The second-order valence-corrected chi connectivity index (χ2v) is 3.93. The van der Waals surface area contributed by atoms with E-state index in [9.17, 15) is 0 Å². The van der Waals surface area contributed by atoms with Crippen LogP contribution >= 0.6 is 11.3 Å². The summed E-state index contributed by atoms with van der Waals surface area (Å²) in [6, 6.07) is 8.08. The van der Waals surface area contributed by atoms with Crippen LogP contribution in [0.5, 0.6) is 5.75 Å². The van der Waals surface area contributed by atoms with Crippen LogP contribution < -0.4 is 4.74 Å². The van der Waals surface area contributed by atoms with Gasteiger partial charge in [0.05, 0.1) is 12.1 Å². The van der Waals surface area contributed by atoms with Crippen LogP contribution in [0.25, 0.3) is 0 Å². The SMILES string of the molecule is COc1cccc(Cc2nccs2)c1. The number of thiazole rings is 1. The van der Waals surface area contributed by atoms with E-state index in [2.05, 4.69) is 11.1 Å². The molecule has 2 aromatic rings. The minimum atomic E-state index is 0.884. The normalized spacial score (nSPS) is 10.1. The minimum Gasteiger partial charge on any atom is -0.497 e. The van der Waals surface area contributed by atoms with Crippen molar-refractivity contribution in [3.05, 3.63) is 46.4 Å². The maximum absolute atomic E-state index is 5.16. The molecule has 0 N–H and O–H groups in total. The smallest absolute Gasteiger partial charge is 0.119 e. The minimum absolute atomic E-state index is 0.884. The van der Waals surface area contributed by atoms with E-state index in [1.807, 2.05) is 29.8 Å². The van der Waals surface area contributed by atoms with Gasteiger partial charge in [0.2, 0.25) is 0 Å². The molecule has 0 aliphatic carbocycles. The van der Waals surface area contributed by atoms with Gasteiger partial charge in [0, 0.05) is 18.0 Å². The van der Waals surface area contributed by atoms with Crippen LogP contribution in [-0.4, -0.2) is 12.1 Å². The Labute approximate surface area is 87.2 Å². The molecule has 14 heavy (non-hydrogen) atoms. The Bertz CT molecular complexity index is 397. The maximum atomic E-state index is 5.16. The zero-order valence-electron chi connectivity index (χ0n) is 7.93. The molecular weight excluding hydrogens is 194 g/mol. The zero-order chi connectivity index (χ0) is 9.80. The molecular formula is C11H11NOS. The van der Waals surface area contributed by atoms with E-state index in [0.29, 0.717) is 0 Å². The molecule has 3 heteroatoms. The zero-order valence-corrected chi connectivity index (χ0v) is 8.75. The maximum Gasteiger partial charge on any atom is 0.119 e. The number of rotatable bonds is 3. The lowest BCUT2D eigenvalue weighted by Crippen LogP contribution is -1.88. The summed E-state index contributed by atoms with van der Waals surface area (Å²) in [5.74, 6) is 0.902. The summed E-state index contributed by atoms with van der Waals surface area (Å²) in [7, 11) is 1.68. The molecule has 0 bridgehead atoms. The van der Waals surface area contributed by atoms with Gasteiger partial charge in [-0.2, -0.15) is 0 Å². The average Bonchev–Trinajstić information content (AvgIpc) is 2.71. The van der Waals surface area contributed by atoms with Gasteiger partial charge in [-0.15, -0.1) is 11.3 Å². The number of methoxy groups -OCH3 is 1. The summed E-state index contributed by atoms with van der Waals surface area (Å²) in [6.07, 6.45) is 2.72. The predicted molar refractivity (Wildman–Crippen MR) is 57.9 cm³/mol. The summed E-state index contributed by atoms with van der Waals surface area (Å²) in [4.78, 5) is 4.24. The number of ether oxygens (including phenoxy) is 1. The summed E-state index contributed by atoms with van der Waals surface area (Å²) >= 11 is 1.68. The standard InChI is InChI=1S/C11H11NOS/c1-13-10-4-2-3-9(7-10)8-11-12-5-6-14-11/h2-7H,8H2,1H3. The first-order valence-corrected chi connectivity index (χ1v) is 5.28. The molecule has 0 saturated carbocycles. The Hall–Kier alpha value is -1.35. The molecule has 0 unspecified atom stereocenters.